The van der Waals surface area contributed by atoms with Gasteiger partial charge in [0.2, 0.25) is 0 Å². The fourth-order valence-corrected chi connectivity index (χ4v) is 1.03. The Kier molecular flexibility index (Phi) is 4.53. The van der Waals surface area contributed by atoms with Crippen LogP contribution in [0.1, 0.15) is 11.5 Å². The first-order chi connectivity index (χ1) is 6.36. The van der Waals surface area contributed by atoms with Gasteiger partial charge in [-0.2, -0.15) is 0 Å². The number of rotatable bonds is 6. The fraction of sp³-hybridized carbons (Fsp3) is 0.556. The molecular weight excluding hydrogens is 168 g/mol. The molecule has 1 aromatic heterocycles. The van der Waals surface area contributed by atoms with Gasteiger partial charge in [0, 0.05) is 6.54 Å². The Bertz CT molecular complexity index is 235. The molecule has 0 fully saturated rings. The molecule has 0 unspecified atom stereocenters. The third-order valence-electron chi connectivity index (χ3n) is 1.57. The summed E-state index contributed by atoms with van der Waals surface area (Å²) >= 11 is 0. The molecule has 1 rings (SSSR count). The maximum atomic E-state index is 5.44. The van der Waals surface area contributed by atoms with Crippen LogP contribution in [-0.2, 0) is 17.9 Å². The van der Waals surface area contributed by atoms with Crippen molar-refractivity contribution in [1.82, 2.24) is 5.32 Å². The Morgan fingerprint density at radius 1 is 1.46 bits per heavy atom. The standard InChI is InChI=1S/C9H16N2O2/c1-11-6-8-2-3-9(13-8)7-12-5-4-10/h2-3,11H,4-7,10H2,1H3. The second kappa shape index (κ2) is 5.75. The van der Waals surface area contributed by atoms with Crippen molar-refractivity contribution in [3.63, 3.8) is 0 Å². The Hall–Kier alpha value is -0.840. The van der Waals surface area contributed by atoms with Gasteiger partial charge in [-0.1, -0.05) is 0 Å². The van der Waals surface area contributed by atoms with E-state index in [4.69, 9.17) is 14.9 Å². The van der Waals surface area contributed by atoms with Crippen molar-refractivity contribution < 1.29 is 9.15 Å². The Morgan fingerprint density at radius 3 is 2.92 bits per heavy atom. The summed E-state index contributed by atoms with van der Waals surface area (Å²) in [6.45, 7) is 2.37. The van der Waals surface area contributed by atoms with E-state index in [1.807, 2.05) is 19.2 Å². The second-order valence-corrected chi connectivity index (χ2v) is 2.74. The van der Waals surface area contributed by atoms with Crippen LogP contribution in [0.4, 0.5) is 0 Å². The van der Waals surface area contributed by atoms with Gasteiger partial charge in [0.15, 0.2) is 0 Å². The highest BCUT2D eigenvalue weighted by molar-refractivity contribution is 5.06. The molecule has 1 heterocycles. The largest absolute Gasteiger partial charge is 0.462 e. The molecule has 0 bridgehead atoms. The summed E-state index contributed by atoms with van der Waals surface area (Å²) < 4.78 is 10.7. The molecule has 4 heteroatoms. The zero-order chi connectivity index (χ0) is 9.52. The summed E-state index contributed by atoms with van der Waals surface area (Å²) in [7, 11) is 1.88. The first-order valence-electron chi connectivity index (χ1n) is 4.37. The first kappa shape index (κ1) is 10.2. The molecule has 3 N–H and O–H groups in total. The number of hydrogen-bond acceptors (Lipinski definition) is 4. The molecule has 4 nitrogen and oxygen atoms in total. The SMILES string of the molecule is CNCc1ccc(COCCN)o1. The molecule has 13 heavy (non-hydrogen) atoms. The molecule has 0 amide bonds. The summed E-state index contributed by atoms with van der Waals surface area (Å²) in [6, 6.07) is 3.86. The molecule has 74 valence electrons. The highest BCUT2D eigenvalue weighted by Crippen LogP contribution is 2.08. The Balaban J connectivity index is 2.31. The van der Waals surface area contributed by atoms with Gasteiger partial charge < -0.3 is 20.2 Å². The maximum absolute atomic E-state index is 5.44. The van der Waals surface area contributed by atoms with E-state index in [1.165, 1.54) is 0 Å². The van der Waals surface area contributed by atoms with E-state index < -0.39 is 0 Å². The van der Waals surface area contributed by atoms with Gasteiger partial charge in [0.25, 0.3) is 0 Å². The van der Waals surface area contributed by atoms with Crippen molar-refractivity contribution in [2.75, 3.05) is 20.2 Å². The Labute approximate surface area is 78.1 Å². The zero-order valence-electron chi connectivity index (χ0n) is 7.88. The quantitative estimate of drug-likeness (QED) is 0.631. The van der Waals surface area contributed by atoms with E-state index in [-0.39, 0.29) is 0 Å². The molecular formula is C9H16N2O2. The minimum atomic E-state index is 0.501. The zero-order valence-corrected chi connectivity index (χ0v) is 7.88. The number of hydrogen-bond donors (Lipinski definition) is 2. The van der Waals surface area contributed by atoms with Crippen LogP contribution in [-0.4, -0.2) is 20.2 Å². The van der Waals surface area contributed by atoms with Crippen molar-refractivity contribution in [2.45, 2.75) is 13.2 Å². The van der Waals surface area contributed by atoms with Gasteiger partial charge in [0.1, 0.15) is 18.1 Å². The van der Waals surface area contributed by atoms with E-state index in [2.05, 4.69) is 5.32 Å². The summed E-state index contributed by atoms with van der Waals surface area (Å²) in [5.41, 5.74) is 5.28. The summed E-state index contributed by atoms with van der Waals surface area (Å²) in [6.07, 6.45) is 0. The third-order valence-corrected chi connectivity index (χ3v) is 1.57. The molecule has 0 spiro atoms. The van der Waals surface area contributed by atoms with Gasteiger partial charge in [-0.3, -0.25) is 0 Å². The number of ether oxygens (including phenoxy) is 1. The van der Waals surface area contributed by atoms with E-state index in [0.29, 0.717) is 19.8 Å². The minimum absolute atomic E-state index is 0.501. The van der Waals surface area contributed by atoms with Crippen LogP contribution in [0, 0.1) is 0 Å². The van der Waals surface area contributed by atoms with Gasteiger partial charge in [0.05, 0.1) is 13.2 Å². The van der Waals surface area contributed by atoms with Crippen LogP contribution < -0.4 is 11.1 Å². The van der Waals surface area contributed by atoms with E-state index in [0.717, 1.165) is 18.1 Å². The highest BCUT2D eigenvalue weighted by atomic mass is 16.5. The number of nitrogens with one attached hydrogen (secondary N) is 1. The van der Waals surface area contributed by atoms with Crippen LogP contribution in [0.25, 0.3) is 0 Å². The molecule has 0 radical (unpaired) electrons. The van der Waals surface area contributed by atoms with Gasteiger partial charge in [-0.25, -0.2) is 0 Å². The lowest BCUT2D eigenvalue weighted by Gasteiger charge is -1.98. The van der Waals surface area contributed by atoms with E-state index in [1.54, 1.807) is 0 Å². The normalized spacial score (nSPS) is 10.6. The van der Waals surface area contributed by atoms with Crippen molar-refractivity contribution >= 4 is 0 Å². The summed E-state index contributed by atoms with van der Waals surface area (Å²) in [4.78, 5) is 0. The van der Waals surface area contributed by atoms with Gasteiger partial charge in [-0.15, -0.1) is 0 Å². The maximum Gasteiger partial charge on any atom is 0.129 e. The fourth-order valence-electron chi connectivity index (χ4n) is 1.03. The molecule has 0 aliphatic heterocycles. The summed E-state index contributed by atoms with van der Waals surface area (Å²) in [5.74, 6) is 1.77. The topological polar surface area (TPSA) is 60.4 Å². The minimum Gasteiger partial charge on any atom is -0.462 e. The van der Waals surface area contributed by atoms with Crippen molar-refractivity contribution in [3.8, 4) is 0 Å². The third kappa shape index (κ3) is 3.59. The Morgan fingerprint density at radius 2 is 2.23 bits per heavy atom. The molecule has 0 saturated carbocycles. The van der Waals surface area contributed by atoms with E-state index in [9.17, 15) is 0 Å². The molecule has 0 aliphatic rings. The number of furan rings is 1. The second-order valence-electron chi connectivity index (χ2n) is 2.74. The average molecular weight is 184 g/mol. The smallest absolute Gasteiger partial charge is 0.129 e. The molecule has 0 aliphatic carbocycles. The van der Waals surface area contributed by atoms with E-state index >= 15 is 0 Å². The van der Waals surface area contributed by atoms with Crippen molar-refractivity contribution in [2.24, 2.45) is 5.73 Å². The molecule has 0 saturated heterocycles. The lowest BCUT2D eigenvalue weighted by atomic mass is 10.4. The highest BCUT2D eigenvalue weighted by Gasteiger charge is 2.00. The van der Waals surface area contributed by atoms with Crippen LogP contribution in [0.2, 0.25) is 0 Å². The van der Waals surface area contributed by atoms with Gasteiger partial charge in [-0.05, 0) is 19.2 Å². The molecule has 1 aromatic rings. The monoisotopic (exact) mass is 184 g/mol. The van der Waals surface area contributed by atoms with Crippen molar-refractivity contribution in [3.05, 3.63) is 23.7 Å². The molecule has 0 aromatic carbocycles. The molecule has 0 atom stereocenters. The summed E-state index contributed by atoms with van der Waals surface area (Å²) in [5, 5.41) is 3.01. The van der Waals surface area contributed by atoms with Crippen LogP contribution >= 0.6 is 0 Å². The van der Waals surface area contributed by atoms with Crippen LogP contribution in [0.3, 0.4) is 0 Å². The van der Waals surface area contributed by atoms with Crippen LogP contribution in [0.15, 0.2) is 16.5 Å². The number of nitrogens with two attached hydrogens (primary N) is 1. The lowest BCUT2D eigenvalue weighted by molar-refractivity contribution is 0.112. The van der Waals surface area contributed by atoms with Crippen LogP contribution in [0.5, 0.6) is 0 Å². The predicted molar refractivity (Wildman–Crippen MR) is 50.2 cm³/mol. The lowest BCUT2D eigenvalue weighted by Crippen LogP contribution is -2.07. The predicted octanol–water partition coefficient (Wildman–Crippen LogP) is 0.474. The van der Waals surface area contributed by atoms with Crippen molar-refractivity contribution in [1.29, 1.82) is 0 Å². The van der Waals surface area contributed by atoms with Gasteiger partial charge >= 0.3 is 0 Å². The average Bonchev–Trinajstić information content (AvgIpc) is 2.54. The first-order valence-corrected chi connectivity index (χ1v) is 4.37.